The number of carbonyl (C=O) groups excluding carboxylic acids is 4. The van der Waals surface area contributed by atoms with Crippen LogP contribution >= 0.6 is 0 Å². The van der Waals surface area contributed by atoms with E-state index in [0.717, 1.165) is 17.7 Å². The summed E-state index contributed by atoms with van der Waals surface area (Å²) in [6.45, 7) is -0.861. The Morgan fingerprint density at radius 1 is 1.08 bits per heavy atom. The molecule has 1 aliphatic heterocycles. The van der Waals surface area contributed by atoms with Crippen LogP contribution in [0.1, 0.15) is 25.7 Å². The minimum absolute atomic E-state index is 0.288. The second kappa shape index (κ2) is 7.68. The van der Waals surface area contributed by atoms with E-state index in [-0.39, 0.29) is 23.7 Å². The van der Waals surface area contributed by atoms with Crippen molar-refractivity contribution in [2.24, 2.45) is 11.8 Å². The van der Waals surface area contributed by atoms with E-state index in [4.69, 9.17) is 4.74 Å². The van der Waals surface area contributed by atoms with E-state index < -0.39 is 25.0 Å². The van der Waals surface area contributed by atoms with Gasteiger partial charge in [-0.3, -0.25) is 24.1 Å². The standard InChI is InChI=1S/C19H22N2O5/c1-20(13-7-3-2-4-8-13)16(22)12-26-17(23)11-21-18(24)14-9-5-6-10-15(14)19(21)25/h2-4,7-8,14-15H,5-6,9-12H2,1H3/t14-,15-/m0/s1. The van der Waals surface area contributed by atoms with Gasteiger partial charge in [-0.15, -0.1) is 0 Å². The first-order valence-corrected chi connectivity index (χ1v) is 8.81. The van der Waals surface area contributed by atoms with E-state index >= 15 is 0 Å². The molecule has 2 fully saturated rings. The van der Waals surface area contributed by atoms with Gasteiger partial charge in [0, 0.05) is 12.7 Å². The summed E-state index contributed by atoms with van der Waals surface area (Å²) in [6, 6.07) is 8.97. The minimum atomic E-state index is -0.750. The molecule has 0 unspecified atom stereocenters. The summed E-state index contributed by atoms with van der Waals surface area (Å²) in [7, 11) is 1.59. The predicted octanol–water partition coefficient (Wildman–Crippen LogP) is 1.37. The molecule has 7 nitrogen and oxygen atoms in total. The lowest BCUT2D eigenvalue weighted by atomic mass is 9.81. The molecule has 1 heterocycles. The van der Waals surface area contributed by atoms with E-state index in [1.54, 1.807) is 31.3 Å². The molecule has 3 amide bonds. The van der Waals surface area contributed by atoms with Crippen LogP contribution in [0.5, 0.6) is 0 Å². The quantitative estimate of drug-likeness (QED) is 0.586. The van der Waals surface area contributed by atoms with Gasteiger partial charge in [0.05, 0.1) is 11.8 Å². The highest BCUT2D eigenvalue weighted by atomic mass is 16.5. The number of imide groups is 1. The molecular weight excluding hydrogens is 336 g/mol. The van der Waals surface area contributed by atoms with Crippen LogP contribution in [-0.2, 0) is 23.9 Å². The third kappa shape index (κ3) is 3.61. The van der Waals surface area contributed by atoms with Crippen molar-refractivity contribution in [2.75, 3.05) is 25.1 Å². The highest BCUT2D eigenvalue weighted by Crippen LogP contribution is 2.37. The van der Waals surface area contributed by atoms with Crippen molar-refractivity contribution in [3.05, 3.63) is 30.3 Å². The monoisotopic (exact) mass is 358 g/mol. The van der Waals surface area contributed by atoms with Crippen LogP contribution in [0.2, 0.25) is 0 Å². The summed E-state index contributed by atoms with van der Waals surface area (Å²) < 4.78 is 4.98. The predicted molar refractivity (Wildman–Crippen MR) is 93.0 cm³/mol. The summed E-state index contributed by atoms with van der Waals surface area (Å²) >= 11 is 0. The molecule has 0 radical (unpaired) electrons. The number of likely N-dealkylation sites (N-methyl/N-ethyl adjacent to an activating group) is 1. The molecule has 26 heavy (non-hydrogen) atoms. The Labute approximate surface area is 151 Å². The number of carbonyl (C=O) groups is 4. The number of amides is 3. The Bertz CT molecular complexity index is 694. The number of rotatable bonds is 5. The summed E-state index contributed by atoms with van der Waals surface area (Å²) in [4.78, 5) is 51.2. The molecule has 0 aromatic heterocycles. The molecule has 1 saturated heterocycles. The topological polar surface area (TPSA) is 84.0 Å². The maximum atomic E-state index is 12.3. The molecule has 0 bridgehead atoms. The van der Waals surface area contributed by atoms with Gasteiger partial charge < -0.3 is 9.64 Å². The Hall–Kier alpha value is -2.70. The largest absolute Gasteiger partial charge is 0.454 e. The van der Waals surface area contributed by atoms with Crippen LogP contribution in [-0.4, -0.2) is 48.8 Å². The van der Waals surface area contributed by atoms with Crippen molar-refractivity contribution in [2.45, 2.75) is 25.7 Å². The number of para-hydroxylation sites is 1. The number of esters is 1. The molecule has 0 N–H and O–H groups in total. The second-order valence-corrected chi connectivity index (χ2v) is 6.71. The summed E-state index contributed by atoms with van der Waals surface area (Å²) in [6.07, 6.45) is 3.25. The van der Waals surface area contributed by atoms with Crippen molar-refractivity contribution in [1.29, 1.82) is 0 Å². The third-order valence-corrected chi connectivity index (χ3v) is 5.09. The normalized spacial score (nSPS) is 22.1. The molecule has 3 rings (SSSR count). The maximum absolute atomic E-state index is 12.3. The van der Waals surface area contributed by atoms with E-state index in [9.17, 15) is 19.2 Å². The summed E-state index contributed by atoms with van der Waals surface area (Å²) in [5.41, 5.74) is 0.683. The fourth-order valence-corrected chi connectivity index (χ4v) is 3.60. The number of fused-ring (bicyclic) bond motifs is 1. The van der Waals surface area contributed by atoms with Gasteiger partial charge in [0.15, 0.2) is 6.61 Å². The van der Waals surface area contributed by atoms with Crippen LogP contribution in [0.3, 0.4) is 0 Å². The molecule has 1 aliphatic carbocycles. The number of benzene rings is 1. The van der Waals surface area contributed by atoms with Gasteiger partial charge >= 0.3 is 5.97 Å². The first kappa shape index (κ1) is 18.1. The summed E-state index contributed by atoms with van der Waals surface area (Å²) in [5, 5.41) is 0. The lowest BCUT2D eigenvalue weighted by molar-refractivity contribution is -0.154. The average Bonchev–Trinajstić information content (AvgIpc) is 2.91. The van der Waals surface area contributed by atoms with E-state index in [1.807, 2.05) is 6.07 Å². The van der Waals surface area contributed by atoms with Crippen LogP contribution in [0, 0.1) is 11.8 Å². The molecule has 138 valence electrons. The Balaban J connectivity index is 1.52. The van der Waals surface area contributed by atoms with Gasteiger partial charge in [-0.2, -0.15) is 0 Å². The number of likely N-dealkylation sites (tertiary alicyclic amines) is 1. The molecule has 1 aromatic carbocycles. The Morgan fingerprint density at radius 2 is 1.65 bits per heavy atom. The Morgan fingerprint density at radius 3 is 2.23 bits per heavy atom. The Kier molecular flexibility index (Phi) is 5.35. The highest BCUT2D eigenvalue weighted by molar-refractivity contribution is 6.07. The van der Waals surface area contributed by atoms with Gasteiger partial charge in [0.1, 0.15) is 6.54 Å². The number of hydrogen-bond acceptors (Lipinski definition) is 5. The van der Waals surface area contributed by atoms with Crippen LogP contribution < -0.4 is 4.90 Å². The van der Waals surface area contributed by atoms with Crippen molar-refractivity contribution in [1.82, 2.24) is 4.90 Å². The molecule has 1 saturated carbocycles. The molecule has 2 aliphatic rings. The van der Waals surface area contributed by atoms with Crippen LogP contribution in [0.15, 0.2) is 30.3 Å². The van der Waals surface area contributed by atoms with Gasteiger partial charge in [-0.1, -0.05) is 31.0 Å². The zero-order valence-electron chi connectivity index (χ0n) is 14.7. The lowest BCUT2D eigenvalue weighted by Gasteiger charge is -2.19. The number of anilines is 1. The zero-order chi connectivity index (χ0) is 18.7. The van der Waals surface area contributed by atoms with Gasteiger partial charge in [-0.05, 0) is 25.0 Å². The number of hydrogen-bond donors (Lipinski definition) is 0. The first-order chi connectivity index (χ1) is 12.5. The van der Waals surface area contributed by atoms with Gasteiger partial charge in [0.25, 0.3) is 5.91 Å². The van der Waals surface area contributed by atoms with Crippen molar-refractivity contribution in [3.63, 3.8) is 0 Å². The third-order valence-electron chi connectivity index (χ3n) is 5.09. The van der Waals surface area contributed by atoms with Crippen LogP contribution in [0.4, 0.5) is 5.69 Å². The van der Waals surface area contributed by atoms with E-state index in [2.05, 4.69) is 0 Å². The summed E-state index contributed by atoms with van der Waals surface area (Å²) in [5.74, 6) is -2.31. The van der Waals surface area contributed by atoms with Crippen molar-refractivity contribution >= 4 is 29.4 Å². The van der Waals surface area contributed by atoms with E-state index in [1.165, 1.54) is 4.90 Å². The first-order valence-electron chi connectivity index (χ1n) is 8.81. The molecular formula is C19H22N2O5. The maximum Gasteiger partial charge on any atom is 0.326 e. The van der Waals surface area contributed by atoms with E-state index in [0.29, 0.717) is 18.5 Å². The lowest BCUT2D eigenvalue weighted by Crippen LogP contribution is -2.38. The fraction of sp³-hybridized carbons (Fsp3) is 0.474. The van der Waals surface area contributed by atoms with Crippen LogP contribution in [0.25, 0.3) is 0 Å². The average molecular weight is 358 g/mol. The number of ether oxygens (including phenoxy) is 1. The van der Waals surface area contributed by atoms with Gasteiger partial charge in [-0.25, -0.2) is 0 Å². The smallest absolute Gasteiger partial charge is 0.326 e. The molecule has 7 heteroatoms. The van der Waals surface area contributed by atoms with Crippen molar-refractivity contribution in [3.8, 4) is 0 Å². The number of nitrogens with zero attached hydrogens (tertiary/aromatic N) is 2. The molecule has 2 atom stereocenters. The SMILES string of the molecule is CN(C(=O)COC(=O)CN1C(=O)[C@H]2CCCC[C@@H]2C1=O)c1ccccc1. The highest BCUT2D eigenvalue weighted by Gasteiger charge is 2.48. The zero-order valence-corrected chi connectivity index (χ0v) is 14.7. The van der Waals surface area contributed by atoms with Crippen molar-refractivity contribution < 1.29 is 23.9 Å². The minimum Gasteiger partial charge on any atom is -0.454 e. The van der Waals surface area contributed by atoms with Gasteiger partial charge in [0.2, 0.25) is 11.8 Å². The molecule has 1 aromatic rings. The fourth-order valence-electron chi connectivity index (χ4n) is 3.60. The molecule has 0 spiro atoms. The second-order valence-electron chi connectivity index (χ2n) is 6.71.